The van der Waals surface area contributed by atoms with E-state index < -0.39 is 103 Å². The third-order valence-electron chi connectivity index (χ3n) is 14.1. The molecule has 0 amide bonds. The van der Waals surface area contributed by atoms with Gasteiger partial charge in [-0.2, -0.15) is 92.2 Å². The number of benzene rings is 1. The van der Waals surface area contributed by atoms with Gasteiger partial charge >= 0.3 is 59.5 Å². The fourth-order valence-corrected chi connectivity index (χ4v) is 14.1. The SMILES string of the molecule is Cc1c(C(CCC2CCCCC2)O[Si](CCC(F)(F)C(F)(F)C(F)(F)C(F)(F)C(F)(F)C(F)(F)C(F)(F)C(F)(F)C(F)(F)C(F)(F)F)(C(C)C)C(C)C)cc2n(c1=O)Cc1c-2nc2ccccc2c1C. The summed E-state index contributed by atoms with van der Waals surface area (Å²) in [5.41, 5.74) is 0.387. The number of halogens is 21. The molecule has 3 aromatic rings. The number of fused-ring (bicyclic) bond motifs is 4. The molecule has 1 atom stereocenters. The van der Waals surface area contributed by atoms with Crippen LogP contribution in [0, 0.1) is 19.8 Å². The van der Waals surface area contributed by atoms with Gasteiger partial charge in [0.15, 0.2) is 8.32 Å². The van der Waals surface area contributed by atoms with Crippen molar-refractivity contribution in [3.05, 3.63) is 62.9 Å². The molecule has 0 bridgehead atoms. The van der Waals surface area contributed by atoms with E-state index in [4.69, 9.17) is 9.41 Å². The van der Waals surface area contributed by atoms with Crippen molar-refractivity contribution in [2.75, 3.05) is 0 Å². The van der Waals surface area contributed by atoms with E-state index in [0.29, 0.717) is 28.9 Å². The van der Waals surface area contributed by atoms with Crippen LogP contribution in [0.4, 0.5) is 92.2 Å². The molecule has 2 aromatic heterocycles. The molecule has 1 aliphatic heterocycles. The van der Waals surface area contributed by atoms with Gasteiger partial charge in [-0.05, 0) is 73.0 Å². The summed E-state index contributed by atoms with van der Waals surface area (Å²) < 4.78 is 308. The van der Waals surface area contributed by atoms with Gasteiger partial charge in [0, 0.05) is 22.9 Å². The van der Waals surface area contributed by atoms with Gasteiger partial charge in [-0.3, -0.25) is 4.79 Å². The molecule has 1 aromatic carbocycles. The minimum Gasteiger partial charge on any atom is -0.409 e. The maximum Gasteiger partial charge on any atom is 0.460 e. The fraction of sp³-hybridized carbons (Fsp3) is 0.682. The molecule has 396 valence electrons. The van der Waals surface area contributed by atoms with Gasteiger partial charge in [0.05, 0.1) is 29.6 Å². The highest BCUT2D eigenvalue weighted by atomic mass is 28.4. The summed E-state index contributed by atoms with van der Waals surface area (Å²) in [6.45, 7) is 8.61. The predicted octanol–water partition coefficient (Wildman–Crippen LogP) is 15.9. The second-order valence-corrected chi connectivity index (χ2v) is 23.8. The lowest BCUT2D eigenvalue weighted by Gasteiger charge is -2.45. The van der Waals surface area contributed by atoms with Crippen LogP contribution in [0.2, 0.25) is 17.1 Å². The van der Waals surface area contributed by atoms with E-state index in [1.54, 1.807) is 24.3 Å². The van der Waals surface area contributed by atoms with Crippen molar-refractivity contribution in [3.8, 4) is 11.4 Å². The van der Waals surface area contributed by atoms with Crippen LogP contribution in [0.15, 0.2) is 35.1 Å². The van der Waals surface area contributed by atoms with Gasteiger partial charge in [0.2, 0.25) is 0 Å². The largest absolute Gasteiger partial charge is 0.460 e. The maximum absolute atomic E-state index is 15.7. The lowest BCUT2D eigenvalue weighted by atomic mass is 9.84. The quantitative estimate of drug-likeness (QED) is 0.0694. The molecule has 70 heavy (non-hydrogen) atoms. The van der Waals surface area contributed by atoms with E-state index >= 15 is 26.3 Å². The van der Waals surface area contributed by atoms with Gasteiger partial charge in [0.25, 0.3) is 5.56 Å². The molecule has 0 radical (unpaired) electrons. The summed E-state index contributed by atoms with van der Waals surface area (Å²) in [7, 11) is -4.39. The summed E-state index contributed by atoms with van der Waals surface area (Å²) in [4.78, 5) is 19.0. The molecular weight excluding hydrogens is 1020 g/mol. The molecule has 1 fully saturated rings. The van der Waals surface area contributed by atoms with Gasteiger partial charge < -0.3 is 8.99 Å². The number of nitrogens with zero attached hydrogens (tertiary/aromatic N) is 2. The van der Waals surface area contributed by atoms with Crippen molar-refractivity contribution in [3.63, 3.8) is 0 Å². The maximum atomic E-state index is 15.7. The Morgan fingerprint density at radius 3 is 1.61 bits per heavy atom. The second-order valence-electron chi connectivity index (χ2n) is 18.8. The number of para-hydroxylation sites is 1. The van der Waals surface area contributed by atoms with E-state index in [2.05, 4.69) is 0 Å². The first-order chi connectivity index (χ1) is 31.6. The highest BCUT2D eigenvalue weighted by Crippen LogP contribution is 2.67. The standard InChI is InChI=1S/C44H47F21N2O2Si/c1-22(2)70(23(3)4,19-18-35(45,46)36(47,48)37(49,50)38(51,52)39(53,54)40(55,56)41(57,58)42(59,60)43(61,62)44(63,64)65)69-32(17-16-26-12-8-7-9-13-26)28-20-31-33-29(21-67(31)34(68)25(28)6)24(5)27-14-10-11-15-30(27)66-33/h10-11,14-15,20,22-23,26,32H,7-9,12-13,16-19,21H2,1-6H3. The second kappa shape index (κ2) is 18.3. The van der Waals surface area contributed by atoms with E-state index in [0.717, 1.165) is 43.1 Å². The van der Waals surface area contributed by atoms with Gasteiger partial charge in [0.1, 0.15) is 0 Å². The Labute approximate surface area is 387 Å². The number of hydrogen-bond donors (Lipinski definition) is 0. The summed E-state index contributed by atoms with van der Waals surface area (Å²) in [6, 6.07) is 7.16. The van der Waals surface area contributed by atoms with Crippen LogP contribution >= 0.6 is 0 Å². The molecule has 5 rings (SSSR count). The lowest BCUT2D eigenvalue weighted by molar-refractivity contribution is -0.474. The number of hydrogen-bond acceptors (Lipinski definition) is 3. The number of pyridine rings is 2. The Morgan fingerprint density at radius 1 is 0.657 bits per heavy atom. The van der Waals surface area contributed by atoms with Crippen molar-refractivity contribution in [2.45, 2.75) is 182 Å². The Hall–Kier alpha value is -3.71. The number of alkyl halides is 21. The van der Waals surface area contributed by atoms with Crippen molar-refractivity contribution < 1.29 is 96.6 Å². The average Bonchev–Trinajstić information content (AvgIpc) is 3.62. The van der Waals surface area contributed by atoms with E-state index in [-0.39, 0.29) is 30.0 Å². The minimum absolute atomic E-state index is 0.0261. The third-order valence-corrected chi connectivity index (χ3v) is 19.7. The first-order valence-corrected chi connectivity index (χ1v) is 24.1. The fourth-order valence-electron chi connectivity index (χ4n) is 9.52. The zero-order valence-corrected chi connectivity index (χ0v) is 38.9. The molecule has 0 spiro atoms. The summed E-state index contributed by atoms with van der Waals surface area (Å²) >= 11 is 0. The zero-order chi connectivity index (χ0) is 53.6. The Bertz CT molecular complexity index is 2450. The Kier molecular flexibility index (Phi) is 15.0. The van der Waals surface area contributed by atoms with E-state index in [9.17, 15) is 70.7 Å². The molecule has 0 N–H and O–H groups in total. The predicted molar refractivity (Wildman–Crippen MR) is 216 cm³/mol. The molecule has 1 aliphatic carbocycles. The summed E-state index contributed by atoms with van der Waals surface area (Å²) in [6.07, 6.45) is -7.58. The number of aromatic nitrogens is 2. The summed E-state index contributed by atoms with van der Waals surface area (Å²) in [5.74, 6) is -77.5. The first-order valence-electron chi connectivity index (χ1n) is 21.8. The molecule has 0 saturated heterocycles. The van der Waals surface area contributed by atoms with E-state index in [1.807, 2.05) is 13.0 Å². The first kappa shape index (κ1) is 57.2. The van der Waals surface area contributed by atoms with Gasteiger partial charge in [-0.25, -0.2) is 4.98 Å². The Morgan fingerprint density at radius 2 is 1.13 bits per heavy atom. The molecule has 1 saturated carbocycles. The molecular formula is C44H47F21N2O2Si. The molecule has 26 heteroatoms. The van der Waals surface area contributed by atoms with Crippen molar-refractivity contribution in [2.24, 2.45) is 5.92 Å². The minimum atomic E-state index is -9.24. The number of rotatable bonds is 19. The van der Waals surface area contributed by atoms with Crippen LogP contribution in [0.1, 0.15) is 107 Å². The van der Waals surface area contributed by atoms with Gasteiger partial charge in [-0.1, -0.05) is 78.0 Å². The summed E-state index contributed by atoms with van der Waals surface area (Å²) in [5, 5.41) is 0.784. The highest BCUT2D eigenvalue weighted by molar-refractivity contribution is 6.76. The van der Waals surface area contributed by atoms with Crippen LogP contribution in [0.3, 0.4) is 0 Å². The third kappa shape index (κ3) is 8.57. The topological polar surface area (TPSA) is 44.1 Å². The molecule has 1 unspecified atom stereocenters. The van der Waals surface area contributed by atoms with Gasteiger partial charge in [-0.15, -0.1) is 0 Å². The monoisotopic (exact) mass is 1060 g/mol. The van der Waals surface area contributed by atoms with Crippen LogP contribution in [-0.4, -0.2) is 77.3 Å². The number of aryl methyl sites for hydroxylation is 1. The normalized spacial score (nSPS) is 17.2. The van der Waals surface area contributed by atoms with Crippen molar-refractivity contribution in [1.82, 2.24) is 9.55 Å². The average molecular weight is 1060 g/mol. The van der Waals surface area contributed by atoms with Crippen LogP contribution in [0.5, 0.6) is 0 Å². The van der Waals surface area contributed by atoms with Crippen molar-refractivity contribution in [1.29, 1.82) is 0 Å². The van der Waals surface area contributed by atoms with E-state index in [1.165, 1.54) is 39.2 Å². The molecule has 2 aliphatic rings. The lowest BCUT2D eigenvalue weighted by Crippen LogP contribution is -2.76. The smallest absolute Gasteiger partial charge is 0.409 e. The van der Waals surface area contributed by atoms with Crippen LogP contribution < -0.4 is 5.56 Å². The van der Waals surface area contributed by atoms with Crippen molar-refractivity contribution >= 4 is 19.2 Å². The molecule has 3 heterocycles. The highest BCUT2D eigenvalue weighted by Gasteiger charge is 2.97. The molecule has 4 nitrogen and oxygen atoms in total. The Balaban J connectivity index is 1.56. The zero-order valence-electron chi connectivity index (χ0n) is 37.9. The van der Waals surface area contributed by atoms with Crippen LogP contribution in [-0.2, 0) is 11.0 Å². The van der Waals surface area contributed by atoms with Crippen LogP contribution in [0.25, 0.3) is 22.3 Å².